The van der Waals surface area contributed by atoms with Crippen LogP contribution in [-0.2, 0) is 19.0 Å². The molecule has 4 heteroatoms. The van der Waals surface area contributed by atoms with E-state index in [1.165, 1.54) is 0 Å². The minimum absolute atomic E-state index is 0.271. The third-order valence-electron chi connectivity index (χ3n) is 1.80. The molecule has 0 N–H and O–H groups in total. The molecule has 0 amide bonds. The van der Waals surface area contributed by atoms with Crippen molar-refractivity contribution in [3.63, 3.8) is 0 Å². The number of carbonyl (C=O) groups is 1. The largest absolute Gasteiger partial charge is 0.430 e. The molecule has 15 heavy (non-hydrogen) atoms. The van der Waals surface area contributed by atoms with Crippen molar-refractivity contribution in [2.75, 3.05) is 19.8 Å². The minimum Gasteiger partial charge on any atom is -0.430 e. The zero-order valence-electron chi connectivity index (χ0n) is 9.91. The molecule has 0 aliphatic rings. The van der Waals surface area contributed by atoms with Crippen molar-refractivity contribution in [2.45, 2.75) is 34.0 Å². The highest BCUT2D eigenvalue weighted by molar-refractivity contribution is 5.87. The van der Waals surface area contributed by atoms with Crippen molar-refractivity contribution in [3.8, 4) is 0 Å². The van der Waals surface area contributed by atoms with E-state index in [0.29, 0.717) is 18.8 Å². The van der Waals surface area contributed by atoms with Gasteiger partial charge in [-0.25, -0.2) is 4.79 Å². The second-order valence-electron chi connectivity index (χ2n) is 2.92. The van der Waals surface area contributed by atoms with Crippen LogP contribution in [0.15, 0.2) is 11.6 Å². The molecular weight excluding hydrogens is 196 g/mol. The lowest BCUT2D eigenvalue weighted by Crippen LogP contribution is -2.27. The fraction of sp³-hybridized carbons (Fsp3) is 0.727. The lowest BCUT2D eigenvalue weighted by Gasteiger charge is -2.17. The van der Waals surface area contributed by atoms with E-state index in [-0.39, 0.29) is 12.6 Å². The highest BCUT2D eigenvalue weighted by Crippen LogP contribution is 2.03. The second kappa shape index (κ2) is 8.44. The average molecular weight is 216 g/mol. The summed E-state index contributed by atoms with van der Waals surface area (Å²) in [4.78, 5) is 11.4. The van der Waals surface area contributed by atoms with Gasteiger partial charge >= 0.3 is 5.97 Å². The predicted molar refractivity (Wildman–Crippen MR) is 57.4 cm³/mol. The van der Waals surface area contributed by atoms with Gasteiger partial charge in [-0.05, 0) is 27.7 Å². The summed E-state index contributed by atoms with van der Waals surface area (Å²) in [6, 6.07) is 0. The fourth-order valence-corrected chi connectivity index (χ4v) is 0.846. The van der Waals surface area contributed by atoms with Gasteiger partial charge in [0.15, 0.2) is 0 Å². The summed E-state index contributed by atoms with van der Waals surface area (Å²) in [7, 11) is 0. The Morgan fingerprint density at radius 3 is 2.47 bits per heavy atom. The molecule has 0 saturated carbocycles. The van der Waals surface area contributed by atoms with E-state index in [4.69, 9.17) is 14.2 Å². The van der Waals surface area contributed by atoms with Crippen molar-refractivity contribution in [1.82, 2.24) is 0 Å². The molecule has 0 bridgehead atoms. The first-order valence-electron chi connectivity index (χ1n) is 5.18. The quantitative estimate of drug-likeness (QED) is 0.370. The highest BCUT2D eigenvalue weighted by Gasteiger charge is 2.15. The Morgan fingerprint density at radius 1 is 1.33 bits per heavy atom. The molecule has 0 heterocycles. The number of ether oxygens (including phenoxy) is 3. The molecule has 0 spiro atoms. The maximum atomic E-state index is 11.4. The monoisotopic (exact) mass is 216 g/mol. The number of esters is 1. The van der Waals surface area contributed by atoms with E-state index >= 15 is 0 Å². The van der Waals surface area contributed by atoms with Gasteiger partial charge in [0.25, 0.3) is 0 Å². The van der Waals surface area contributed by atoms with E-state index in [9.17, 15) is 4.79 Å². The molecule has 0 aromatic heterocycles. The summed E-state index contributed by atoms with van der Waals surface area (Å²) in [6.45, 7) is 8.54. The number of allylic oxidation sites excluding steroid dienone is 1. The maximum Gasteiger partial charge on any atom is 0.335 e. The minimum atomic E-state index is -0.614. The van der Waals surface area contributed by atoms with Gasteiger partial charge in [0.1, 0.15) is 6.61 Å². The van der Waals surface area contributed by atoms with Crippen LogP contribution in [0.1, 0.15) is 27.7 Å². The summed E-state index contributed by atoms with van der Waals surface area (Å²) >= 11 is 0. The molecule has 0 fully saturated rings. The maximum absolute atomic E-state index is 11.4. The summed E-state index contributed by atoms with van der Waals surface area (Å²) in [5, 5.41) is 0. The number of hydrogen-bond acceptors (Lipinski definition) is 4. The Labute approximate surface area is 91.2 Å². The van der Waals surface area contributed by atoms with Gasteiger partial charge in [0, 0.05) is 18.8 Å². The molecule has 1 unspecified atom stereocenters. The summed E-state index contributed by atoms with van der Waals surface area (Å²) < 4.78 is 15.4. The Balaban J connectivity index is 4.09. The van der Waals surface area contributed by atoms with Gasteiger partial charge in [-0.15, -0.1) is 0 Å². The first-order valence-corrected chi connectivity index (χ1v) is 5.18. The number of carbonyl (C=O) groups excluding carboxylic acids is 1. The van der Waals surface area contributed by atoms with Crippen molar-refractivity contribution in [3.05, 3.63) is 11.6 Å². The van der Waals surface area contributed by atoms with E-state index in [1.807, 2.05) is 13.8 Å². The Hall–Kier alpha value is -0.870. The van der Waals surface area contributed by atoms with E-state index in [1.54, 1.807) is 19.9 Å². The summed E-state index contributed by atoms with van der Waals surface area (Å²) in [6.07, 6.45) is 1.09. The van der Waals surface area contributed by atoms with Crippen LogP contribution in [0.3, 0.4) is 0 Å². The molecular formula is C11H20O4. The number of rotatable bonds is 7. The molecule has 0 aliphatic carbocycles. The fourth-order valence-electron chi connectivity index (χ4n) is 0.846. The second-order valence-corrected chi connectivity index (χ2v) is 2.92. The van der Waals surface area contributed by atoms with E-state index in [0.717, 1.165) is 0 Å². The van der Waals surface area contributed by atoms with Gasteiger partial charge in [-0.3, -0.25) is 0 Å². The summed E-state index contributed by atoms with van der Waals surface area (Å²) in [5.41, 5.74) is 0.566. The first-order chi connectivity index (χ1) is 7.15. The topological polar surface area (TPSA) is 44.8 Å². The molecule has 88 valence electrons. The number of hydrogen-bond donors (Lipinski definition) is 0. The van der Waals surface area contributed by atoms with Gasteiger partial charge in [0.05, 0.1) is 0 Å². The lowest BCUT2D eigenvalue weighted by molar-refractivity contribution is -0.185. The first kappa shape index (κ1) is 14.1. The average Bonchev–Trinajstić information content (AvgIpc) is 2.24. The van der Waals surface area contributed by atoms with Crippen molar-refractivity contribution >= 4 is 5.97 Å². The van der Waals surface area contributed by atoms with Crippen LogP contribution in [0.25, 0.3) is 0 Å². The zero-order chi connectivity index (χ0) is 11.7. The van der Waals surface area contributed by atoms with Crippen LogP contribution in [0.4, 0.5) is 0 Å². The lowest BCUT2D eigenvalue weighted by atomic mass is 10.3. The van der Waals surface area contributed by atoms with Crippen LogP contribution < -0.4 is 0 Å². The Morgan fingerprint density at radius 2 is 2.00 bits per heavy atom. The van der Waals surface area contributed by atoms with Crippen LogP contribution >= 0.6 is 0 Å². The third kappa shape index (κ3) is 6.25. The van der Waals surface area contributed by atoms with Crippen LogP contribution in [0.5, 0.6) is 0 Å². The standard InChI is InChI=1S/C11H20O4/c1-5-9(4)11(12)15-10(14-7-3)8-13-6-2/h5,10H,6-8H2,1-4H3. The molecule has 0 aromatic carbocycles. The molecule has 0 rings (SSSR count). The molecule has 0 saturated heterocycles. The van der Waals surface area contributed by atoms with Crippen molar-refractivity contribution < 1.29 is 19.0 Å². The van der Waals surface area contributed by atoms with Crippen molar-refractivity contribution in [1.29, 1.82) is 0 Å². The predicted octanol–water partition coefficient (Wildman–Crippen LogP) is 1.89. The van der Waals surface area contributed by atoms with Crippen LogP contribution in [0, 0.1) is 0 Å². The Kier molecular flexibility index (Phi) is 7.95. The smallest absolute Gasteiger partial charge is 0.335 e. The van der Waals surface area contributed by atoms with Crippen LogP contribution in [0.2, 0.25) is 0 Å². The van der Waals surface area contributed by atoms with Crippen molar-refractivity contribution in [2.24, 2.45) is 0 Å². The Bertz CT molecular complexity index is 211. The molecule has 4 nitrogen and oxygen atoms in total. The van der Waals surface area contributed by atoms with Gasteiger partial charge in [-0.2, -0.15) is 0 Å². The van der Waals surface area contributed by atoms with E-state index in [2.05, 4.69) is 0 Å². The van der Waals surface area contributed by atoms with Gasteiger partial charge in [-0.1, -0.05) is 6.08 Å². The highest BCUT2D eigenvalue weighted by atomic mass is 16.7. The van der Waals surface area contributed by atoms with Gasteiger partial charge in [0.2, 0.25) is 6.29 Å². The molecule has 1 atom stereocenters. The molecule has 0 aromatic rings. The van der Waals surface area contributed by atoms with Gasteiger partial charge < -0.3 is 14.2 Å². The molecule has 0 aliphatic heterocycles. The molecule has 0 radical (unpaired) electrons. The SMILES string of the molecule is CC=C(C)C(=O)OC(COCC)OCC. The zero-order valence-corrected chi connectivity index (χ0v) is 9.91. The summed E-state index contributed by atoms with van der Waals surface area (Å²) in [5.74, 6) is -0.365. The third-order valence-corrected chi connectivity index (χ3v) is 1.80. The van der Waals surface area contributed by atoms with E-state index < -0.39 is 6.29 Å². The normalized spacial score (nSPS) is 13.7. The van der Waals surface area contributed by atoms with Crippen LogP contribution in [-0.4, -0.2) is 32.1 Å².